The number of benzene rings is 1. The van der Waals surface area contributed by atoms with Crippen LogP contribution in [0.15, 0.2) is 24.3 Å². The van der Waals surface area contributed by atoms with Crippen LogP contribution in [-0.2, 0) is 9.59 Å². The Morgan fingerprint density at radius 1 is 1.26 bits per heavy atom. The van der Waals surface area contributed by atoms with Crippen LogP contribution < -0.4 is 0 Å². The highest BCUT2D eigenvalue weighted by Gasteiger charge is 2.37. The predicted molar refractivity (Wildman–Crippen MR) is 62.7 cm³/mol. The Morgan fingerprint density at radius 2 is 1.79 bits per heavy atom. The Morgan fingerprint density at radius 3 is 2.16 bits per heavy atom. The summed E-state index contributed by atoms with van der Waals surface area (Å²) >= 11 is 0. The van der Waals surface area contributed by atoms with E-state index < -0.39 is 18.4 Å². The standard InChI is InChI=1S/C13H13F2NO3/c14-12(15)9-3-1-8(2-4-9)11(13(18)19)16(7-17)10-5-6-10/h1-4,7,10-12H,5-6H2,(H,18,19). The number of carbonyl (C=O) groups excluding carboxylic acids is 1. The van der Waals surface area contributed by atoms with Crippen LogP contribution in [0.2, 0.25) is 0 Å². The number of alkyl halides is 2. The summed E-state index contributed by atoms with van der Waals surface area (Å²) < 4.78 is 24.9. The fourth-order valence-electron chi connectivity index (χ4n) is 2.00. The lowest BCUT2D eigenvalue weighted by Gasteiger charge is -2.25. The molecule has 1 aliphatic carbocycles. The van der Waals surface area contributed by atoms with Crippen molar-refractivity contribution in [1.82, 2.24) is 4.90 Å². The molecule has 0 spiro atoms. The van der Waals surface area contributed by atoms with Gasteiger partial charge in [0.1, 0.15) is 0 Å². The molecule has 1 aromatic rings. The lowest BCUT2D eigenvalue weighted by atomic mass is 10.0. The number of carbonyl (C=O) groups is 2. The summed E-state index contributed by atoms with van der Waals surface area (Å²) in [5.74, 6) is -1.16. The van der Waals surface area contributed by atoms with Gasteiger partial charge >= 0.3 is 5.97 Å². The van der Waals surface area contributed by atoms with E-state index in [4.69, 9.17) is 0 Å². The van der Waals surface area contributed by atoms with Gasteiger partial charge < -0.3 is 10.0 Å². The van der Waals surface area contributed by atoms with Crippen LogP contribution in [0.25, 0.3) is 0 Å². The van der Waals surface area contributed by atoms with E-state index in [1.165, 1.54) is 29.2 Å². The van der Waals surface area contributed by atoms with E-state index >= 15 is 0 Å². The van der Waals surface area contributed by atoms with E-state index in [-0.39, 0.29) is 11.6 Å². The van der Waals surface area contributed by atoms with E-state index in [2.05, 4.69) is 0 Å². The predicted octanol–water partition coefficient (Wildman–Crippen LogP) is 2.37. The molecule has 0 saturated heterocycles. The average molecular weight is 269 g/mol. The van der Waals surface area contributed by atoms with Crippen molar-refractivity contribution < 1.29 is 23.5 Å². The van der Waals surface area contributed by atoms with Crippen LogP contribution in [0.5, 0.6) is 0 Å². The first-order valence-electron chi connectivity index (χ1n) is 5.88. The molecule has 1 aliphatic rings. The highest BCUT2D eigenvalue weighted by Crippen LogP contribution is 2.33. The smallest absolute Gasteiger partial charge is 0.331 e. The largest absolute Gasteiger partial charge is 0.479 e. The van der Waals surface area contributed by atoms with Gasteiger partial charge in [0.25, 0.3) is 6.43 Å². The Kier molecular flexibility index (Phi) is 3.78. The van der Waals surface area contributed by atoms with Crippen molar-refractivity contribution in [3.63, 3.8) is 0 Å². The third-order valence-electron chi connectivity index (χ3n) is 3.13. The van der Waals surface area contributed by atoms with E-state index in [1.54, 1.807) is 0 Å². The van der Waals surface area contributed by atoms with Gasteiger partial charge in [0.05, 0.1) is 0 Å². The number of hydrogen-bond donors (Lipinski definition) is 1. The van der Waals surface area contributed by atoms with Crippen LogP contribution in [0.3, 0.4) is 0 Å². The second-order valence-corrected chi connectivity index (χ2v) is 4.49. The maximum atomic E-state index is 12.4. The minimum atomic E-state index is -2.59. The van der Waals surface area contributed by atoms with Gasteiger partial charge in [-0.3, -0.25) is 4.79 Å². The summed E-state index contributed by atoms with van der Waals surface area (Å²) in [6.07, 6.45) is -0.532. The van der Waals surface area contributed by atoms with Crippen molar-refractivity contribution in [3.05, 3.63) is 35.4 Å². The first kappa shape index (κ1) is 13.5. The van der Waals surface area contributed by atoms with Gasteiger partial charge in [-0.25, -0.2) is 13.6 Å². The van der Waals surface area contributed by atoms with Crippen LogP contribution in [0.4, 0.5) is 8.78 Å². The highest BCUT2D eigenvalue weighted by molar-refractivity contribution is 5.78. The zero-order chi connectivity index (χ0) is 14.0. The fourth-order valence-corrected chi connectivity index (χ4v) is 2.00. The summed E-state index contributed by atoms with van der Waals surface area (Å²) in [5.41, 5.74) is 0.160. The highest BCUT2D eigenvalue weighted by atomic mass is 19.3. The molecule has 0 aromatic heterocycles. The van der Waals surface area contributed by atoms with Gasteiger partial charge in [0, 0.05) is 11.6 Å². The molecule has 0 aliphatic heterocycles. The van der Waals surface area contributed by atoms with Crippen molar-refractivity contribution in [2.45, 2.75) is 31.4 Å². The van der Waals surface area contributed by atoms with Crippen molar-refractivity contribution >= 4 is 12.4 Å². The molecular weight excluding hydrogens is 256 g/mol. The van der Waals surface area contributed by atoms with Crippen molar-refractivity contribution in [2.24, 2.45) is 0 Å². The molecule has 1 N–H and O–H groups in total. The number of hydrogen-bond acceptors (Lipinski definition) is 2. The van der Waals surface area contributed by atoms with E-state index in [1.807, 2.05) is 0 Å². The molecule has 0 bridgehead atoms. The maximum Gasteiger partial charge on any atom is 0.331 e. The molecule has 102 valence electrons. The Labute approximate surface area is 108 Å². The summed E-state index contributed by atoms with van der Waals surface area (Å²) in [6.45, 7) is 0. The second-order valence-electron chi connectivity index (χ2n) is 4.49. The molecule has 19 heavy (non-hydrogen) atoms. The molecule has 1 aromatic carbocycles. The lowest BCUT2D eigenvalue weighted by molar-refractivity contribution is -0.147. The molecular formula is C13H13F2NO3. The van der Waals surface area contributed by atoms with Gasteiger partial charge in [-0.1, -0.05) is 24.3 Å². The zero-order valence-electron chi connectivity index (χ0n) is 10.00. The summed E-state index contributed by atoms with van der Waals surface area (Å²) in [4.78, 5) is 23.6. The fraction of sp³-hybridized carbons (Fsp3) is 0.385. The van der Waals surface area contributed by atoms with Crippen LogP contribution in [0, 0.1) is 0 Å². The van der Waals surface area contributed by atoms with Gasteiger partial charge in [0.2, 0.25) is 6.41 Å². The molecule has 6 heteroatoms. The zero-order valence-corrected chi connectivity index (χ0v) is 10.00. The topological polar surface area (TPSA) is 57.6 Å². The minimum absolute atomic E-state index is 0.0617. The summed E-state index contributed by atoms with van der Waals surface area (Å²) in [7, 11) is 0. The van der Waals surface area contributed by atoms with E-state index in [9.17, 15) is 23.5 Å². The maximum absolute atomic E-state index is 12.4. The third kappa shape index (κ3) is 2.89. The van der Waals surface area contributed by atoms with Crippen molar-refractivity contribution in [1.29, 1.82) is 0 Å². The Hall–Kier alpha value is -1.98. The SMILES string of the molecule is O=CN(C1CC1)C(C(=O)O)c1ccc(C(F)F)cc1. The van der Waals surface area contributed by atoms with Crippen LogP contribution >= 0.6 is 0 Å². The van der Waals surface area contributed by atoms with Crippen molar-refractivity contribution in [3.8, 4) is 0 Å². The number of carboxylic acids is 1. The summed E-state index contributed by atoms with van der Waals surface area (Å²) in [5, 5.41) is 9.23. The number of rotatable bonds is 6. The molecule has 1 fully saturated rings. The Balaban J connectivity index is 2.27. The van der Waals surface area contributed by atoms with Crippen LogP contribution in [0.1, 0.15) is 36.4 Å². The molecule has 2 rings (SSSR count). The molecule has 4 nitrogen and oxygen atoms in total. The molecule has 1 saturated carbocycles. The van der Waals surface area contributed by atoms with Crippen molar-refractivity contribution in [2.75, 3.05) is 0 Å². The first-order chi connectivity index (χ1) is 9.04. The number of nitrogens with zero attached hydrogens (tertiary/aromatic N) is 1. The monoisotopic (exact) mass is 269 g/mol. The normalized spacial score (nSPS) is 16.2. The molecule has 0 radical (unpaired) electrons. The van der Waals surface area contributed by atoms with E-state index in [0.717, 1.165) is 12.8 Å². The summed E-state index contributed by atoms with van der Waals surface area (Å²) in [6, 6.07) is 3.86. The van der Waals surface area contributed by atoms with Gasteiger partial charge in [-0.05, 0) is 18.4 Å². The molecule has 0 heterocycles. The first-order valence-corrected chi connectivity index (χ1v) is 5.88. The average Bonchev–Trinajstić information content (AvgIpc) is 3.19. The Bertz CT molecular complexity index is 471. The van der Waals surface area contributed by atoms with E-state index in [0.29, 0.717) is 12.0 Å². The van der Waals surface area contributed by atoms with Gasteiger partial charge in [-0.2, -0.15) is 0 Å². The number of carboxylic acid groups (broad SMARTS) is 1. The van der Waals surface area contributed by atoms with Gasteiger partial charge in [-0.15, -0.1) is 0 Å². The van der Waals surface area contributed by atoms with Gasteiger partial charge in [0.15, 0.2) is 6.04 Å². The molecule has 1 atom stereocenters. The number of halogens is 2. The number of amides is 1. The number of aliphatic carboxylic acids is 1. The quantitative estimate of drug-likeness (QED) is 0.806. The second kappa shape index (κ2) is 5.34. The third-order valence-corrected chi connectivity index (χ3v) is 3.13. The van der Waals surface area contributed by atoms with Crippen LogP contribution in [-0.4, -0.2) is 28.4 Å². The minimum Gasteiger partial charge on any atom is -0.479 e. The molecule has 1 amide bonds. The lowest BCUT2D eigenvalue weighted by Crippen LogP contribution is -2.34. The molecule has 1 unspecified atom stereocenters.